The minimum atomic E-state index is -0.0362. The first-order chi connectivity index (χ1) is 16.4. The van der Waals surface area contributed by atoms with Gasteiger partial charge in [0.15, 0.2) is 5.65 Å². The number of anilines is 1. The van der Waals surface area contributed by atoms with Gasteiger partial charge >= 0.3 is 0 Å². The number of hydrogen-bond acceptors (Lipinski definition) is 4. The molecular formula is C26H25Cl2N5O. The Hall–Kier alpha value is -3.09. The van der Waals surface area contributed by atoms with Gasteiger partial charge in [-0.25, -0.2) is 9.50 Å². The smallest absolute Gasteiger partial charge is 0.259 e. The fraction of sp³-hybridized carbons (Fsp3) is 0.269. The fourth-order valence-corrected chi connectivity index (χ4v) is 4.95. The van der Waals surface area contributed by atoms with Gasteiger partial charge in [-0.05, 0) is 49.2 Å². The molecule has 0 unspecified atom stereocenters. The number of nitrogens with zero attached hydrogens (tertiary/aromatic N) is 5. The van der Waals surface area contributed by atoms with E-state index in [1.165, 1.54) is 0 Å². The van der Waals surface area contributed by atoms with Gasteiger partial charge in [0.1, 0.15) is 5.56 Å². The number of benzene rings is 2. The van der Waals surface area contributed by atoms with Crippen molar-refractivity contribution in [3.8, 4) is 0 Å². The van der Waals surface area contributed by atoms with E-state index < -0.39 is 0 Å². The number of fused-ring (bicyclic) bond motifs is 1. The molecule has 34 heavy (non-hydrogen) atoms. The molecule has 3 heterocycles. The molecule has 0 spiro atoms. The molecule has 1 aliphatic heterocycles. The van der Waals surface area contributed by atoms with E-state index in [9.17, 15) is 4.79 Å². The van der Waals surface area contributed by atoms with Gasteiger partial charge in [0.05, 0.1) is 6.20 Å². The van der Waals surface area contributed by atoms with E-state index in [4.69, 9.17) is 28.2 Å². The van der Waals surface area contributed by atoms with Gasteiger partial charge in [0.25, 0.3) is 5.91 Å². The molecule has 0 radical (unpaired) electrons. The normalized spacial score (nSPS) is 14.1. The summed E-state index contributed by atoms with van der Waals surface area (Å²) in [5, 5.41) is 5.97. The molecule has 0 aliphatic carbocycles. The van der Waals surface area contributed by atoms with Crippen LogP contribution in [-0.2, 0) is 6.42 Å². The van der Waals surface area contributed by atoms with Crippen LogP contribution in [0.15, 0.2) is 54.7 Å². The molecule has 0 bridgehead atoms. The Kier molecular flexibility index (Phi) is 6.19. The quantitative estimate of drug-likeness (QED) is 0.391. The number of aromatic nitrogens is 3. The highest BCUT2D eigenvalue weighted by Crippen LogP contribution is 2.25. The van der Waals surface area contributed by atoms with E-state index in [-0.39, 0.29) is 5.91 Å². The molecule has 1 fully saturated rings. The predicted octanol–water partition coefficient (Wildman–Crippen LogP) is 5.21. The number of carbonyl (C=O) groups is 1. The number of aryl methyl sites for hydroxylation is 2. The summed E-state index contributed by atoms with van der Waals surface area (Å²) in [4.78, 5) is 22.3. The first kappa shape index (κ1) is 22.7. The Morgan fingerprint density at radius 3 is 2.50 bits per heavy atom. The van der Waals surface area contributed by atoms with Gasteiger partial charge < -0.3 is 9.80 Å². The third kappa shape index (κ3) is 4.24. The highest BCUT2D eigenvalue weighted by molar-refractivity contribution is 6.31. The zero-order valence-corrected chi connectivity index (χ0v) is 20.6. The molecule has 1 saturated heterocycles. The van der Waals surface area contributed by atoms with Crippen molar-refractivity contribution < 1.29 is 4.79 Å². The van der Waals surface area contributed by atoms with Crippen molar-refractivity contribution in [2.75, 3.05) is 31.1 Å². The van der Waals surface area contributed by atoms with Crippen molar-refractivity contribution >= 4 is 40.4 Å². The first-order valence-corrected chi connectivity index (χ1v) is 12.0. The SMILES string of the molecule is Cc1nc2c(C(=O)N3CCN(c4cccc(Cl)c4)CC3)cnn2c(C)c1Cc1ccccc1Cl. The van der Waals surface area contributed by atoms with Crippen LogP contribution in [0.25, 0.3) is 5.65 Å². The van der Waals surface area contributed by atoms with E-state index in [1.54, 1.807) is 10.7 Å². The number of rotatable bonds is 4. The molecule has 5 rings (SSSR count). The Labute approximate surface area is 208 Å². The number of carbonyl (C=O) groups excluding carboxylic acids is 1. The Morgan fingerprint density at radius 1 is 1.00 bits per heavy atom. The van der Waals surface area contributed by atoms with Crippen LogP contribution in [0.3, 0.4) is 0 Å². The molecule has 1 aliphatic rings. The Balaban J connectivity index is 1.37. The second kappa shape index (κ2) is 9.28. The average Bonchev–Trinajstić information content (AvgIpc) is 3.26. The van der Waals surface area contributed by atoms with Gasteiger partial charge in [-0.15, -0.1) is 0 Å². The maximum absolute atomic E-state index is 13.4. The summed E-state index contributed by atoms with van der Waals surface area (Å²) in [6.07, 6.45) is 2.30. The fourth-order valence-electron chi connectivity index (χ4n) is 4.56. The highest BCUT2D eigenvalue weighted by atomic mass is 35.5. The minimum Gasteiger partial charge on any atom is -0.368 e. The molecular weight excluding hydrogens is 469 g/mol. The van der Waals surface area contributed by atoms with Crippen molar-refractivity contribution in [3.63, 3.8) is 0 Å². The summed E-state index contributed by atoms with van der Waals surface area (Å²) < 4.78 is 1.77. The maximum atomic E-state index is 13.4. The molecule has 0 N–H and O–H groups in total. The second-order valence-electron chi connectivity index (χ2n) is 8.58. The topological polar surface area (TPSA) is 53.7 Å². The van der Waals surface area contributed by atoms with Crippen LogP contribution in [0.5, 0.6) is 0 Å². The lowest BCUT2D eigenvalue weighted by atomic mass is 10.0. The van der Waals surface area contributed by atoms with E-state index in [1.807, 2.05) is 67.3 Å². The zero-order valence-electron chi connectivity index (χ0n) is 19.1. The third-order valence-corrected chi connectivity index (χ3v) is 7.11. The monoisotopic (exact) mass is 493 g/mol. The standard InChI is InChI=1S/C26H25Cl2N5O/c1-17-22(14-19-6-3-4-9-24(19)28)18(2)33-25(30-17)23(16-29-33)26(34)32-12-10-31(11-13-32)21-8-5-7-20(27)15-21/h3-9,15-16H,10-14H2,1-2H3. The molecule has 174 valence electrons. The lowest BCUT2D eigenvalue weighted by Crippen LogP contribution is -2.48. The number of piperazine rings is 1. The van der Waals surface area contributed by atoms with Crippen LogP contribution >= 0.6 is 23.2 Å². The maximum Gasteiger partial charge on any atom is 0.259 e. The summed E-state index contributed by atoms with van der Waals surface area (Å²) in [5.41, 5.74) is 6.16. The van der Waals surface area contributed by atoms with Crippen LogP contribution in [0.1, 0.15) is 32.9 Å². The Bertz CT molecular complexity index is 1380. The lowest BCUT2D eigenvalue weighted by molar-refractivity contribution is 0.0748. The van der Waals surface area contributed by atoms with Gasteiger partial charge in [-0.3, -0.25) is 4.79 Å². The molecule has 6 nitrogen and oxygen atoms in total. The number of hydrogen-bond donors (Lipinski definition) is 0. The molecule has 8 heteroatoms. The largest absolute Gasteiger partial charge is 0.368 e. The first-order valence-electron chi connectivity index (χ1n) is 11.3. The summed E-state index contributed by atoms with van der Waals surface area (Å²) in [5.74, 6) is -0.0362. The van der Waals surface area contributed by atoms with Gasteiger partial charge in [0, 0.05) is 59.7 Å². The van der Waals surface area contributed by atoms with Crippen LogP contribution in [0, 0.1) is 13.8 Å². The van der Waals surface area contributed by atoms with Gasteiger partial charge in [0.2, 0.25) is 0 Å². The number of halogens is 2. The van der Waals surface area contributed by atoms with E-state index in [0.717, 1.165) is 46.3 Å². The lowest BCUT2D eigenvalue weighted by Gasteiger charge is -2.36. The van der Waals surface area contributed by atoms with Crippen LogP contribution in [-0.4, -0.2) is 51.6 Å². The summed E-state index contributed by atoms with van der Waals surface area (Å²) in [6, 6.07) is 15.6. The molecule has 0 saturated carbocycles. The summed E-state index contributed by atoms with van der Waals surface area (Å²) in [7, 11) is 0. The molecule has 2 aromatic carbocycles. The van der Waals surface area contributed by atoms with E-state index >= 15 is 0 Å². The van der Waals surface area contributed by atoms with Gasteiger partial charge in [-0.2, -0.15) is 5.10 Å². The van der Waals surface area contributed by atoms with Gasteiger partial charge in [-0.1, -0.05) is 47.5 Å². The molecule has 4 aromatic rings. The van der Waals surface area contributed by atoms with E-state index in [0.29, 0.717) is 35.7 Å². The summed E-state index contributed by atoms with van der Waals surface area (Å²) >= 11 is 12.5. The van der Waals surface area contributed by atoms with Crippen molar-refractivity contribution in [1.29, 1.82) is 0 Å². The molecule has 2 aromatic heterocycles. The van der Waals surface area contributed by atoms with Crippen molar-refractivity contribution in [1.82, 2.24) is 19.5 Å². The molecule has 0 atom stereocenters. The minimum absolute atomic E-state index is 0.0362. The van der Waals surface area contributed by atoms with Crippen molar-refractivity contribution in [2.45, 2.75) is 20.3 Å². The van der Waals surface area contributed by atoms with E-state index in [2.05, 4.69) is 10.00 Å². The zero-order chi connectivity index (χ0) is 23.8. The predicted molar refractivity (Wildman–Crippen MR) is 136 cm³/mol. The summed E-state index contributed by atoms with van der Waals surface area (Å²) in [6.45, 7) is 6.75. The van der Waals surface area contributed by atoms with Crippen molar-refractivity contribution in [2.24, 2.45) is 0 Å². The second-order valence-corrected chi connectivity index (χ2v) is 9.43. The highest BCUT2D eigenvalue weighted by Gasteiger charge is 2.26. The van der Waals surface area contributed by atoms with Crippen molar-refractivity contribution in [3.05, 3.63) is 92.9 Å². The van der Waals surface area contributed by atoms with Crippen LogP contribution < -0.4 is 4.90 Å². The van der Waals surface area contributed by atoms with Crippen LogP contribution in [0.4, 0.5) is 5.69 Å². The average molecular weight is 494 g/mol. The Morgan fingerprint density at radius 2 is 1.76 bits per heavy atom. The molecule has 1 amide bonds. The number of amides is 1. The van der Waals surface area contributed by atoms with Crippen LogP contribution in [0.2, 0.25) is 10.0 Å². The third-order valence-electron chi connectivity index (χ3n) is 6.50.